The number of carbonyl (C=O) groups excluding carboxylic acids is 3. The van der Waals surface area contributed by atoms with E-state index in [0.29, 0.717) is 6.42 Å². The van der Waals surface area contributed by atoms with Gasteiger partial charge in [-0.15, -0.1) is 11.3 Å². The van der Waals surface area contributed by atoms with Crippen molar-refractivity contribution in [2.45, 2.75) is 31.3 Å². The SMILES string of the molecule is C[C@@H](NC(=O)CN1C(=O)N[C@]2(CCc3ccccc32)C1=O)c1cccs1. The summed E-state index contributed by atoms with van der Waals surface area (Å²) in [5, 5.41) is 7.62. The van der Waals surface area contributed by atoms with Gasteiger partial charge in [0.25, 0.3) is 5.91 Å². The van der Waals surface area contributed by atoms with Crippen molar-refractivity contribution in [3.8, 4) is 0 Å². The Kier molecular flexibility index (Phi) is 4.03. The summed E-state index contributed by atoms with van der Waals surface area (Å²) in [4.78, 5) is 39.9. The van der Waals surface area contributed by atoms with Gasteiger partial charge in [-0.25, -0.2) is 4.79 Å². The van der Waals surface area contributed by atoms with E-state index in [1.54, 1.807) is 11.3 Å². The average Bonchev–Trinajstić information content (AvgIpc) is 3.32. The first-order valence-electron chi connectivity index (χ1n) is 8.56. The van der Waals surface area contributed by atoms with Crippen molar-refractivity contribution in [3.63, 3.8) is 0 Å². The molecule has 2 heterocycles. The topological polar surface area (TPSA) is 78.5 Å². The van der Waals surface area contributed by atoms with Crippen molar-refractivity contribution in [1.82, 2.24) is 15.5 Å². The van der Waals surface area contributed by atoms with Gasteiger partial charge in [0.2, 0.25) is 5.91 Å². The minimum absolute atomic E-state index is 0.163. The monoisotopic (exact) mass is 369 g/mol. The van der Waals surface area contributed by atoms with Crippen LogP contribution in [0.1, 0.15) is 35.4 Å². The molecule has 134 valence electrons. The van der Waals surface area contributed by atoms with Crippen molar-refractivity contribution < 1.29 is 14.4 Å². The van der Waals surface area contributed by atoms with Crippen molar-refractivity contribution in [3.05, 3.63) is 57.8 Å². The zero-order chi connectivity index (χ0) is 18.3. The van der Waals surface area contributed by atoms with Gasteiger partial charge in [0.1, 0.15) is 12.1 Å². The van der Waals surface area contributed by atoms with Crippen LogP contribution in [-0.2, 0) is 21.5 Å². The predicted octanol–water partition coefficient (Wildman–Crippen LogP) is 2.32. The fourth-order valence-corrected chi connectivity index (χ4v) is 4.51. The van der Waals surface area contributed by atoms with Crippen molar-refractivity contribution in [2.75, 3.05) is 6.54 Å². The van der Waals surface area contributed by atoms with Crippen molar-refractivity contribution in [2.24, 2.45) is 0 Å². The highest BCUT2D eigenvalue weighted by atomic mass is 32.1. The van der Waals surface area contributed by atoms with E-state index in [4.69, 9.17) is 0 Å². The molecular weight excluding hydrogens is 350 g/mol. The van der Waals surface area contributed by atoms with Gasteiger partial charge in [-0.05, 0) is 42.3 Å². The summed E-state index contributed by atoms with van der Waals surface area (Å²) in [6.07, 6.45) is 1.26. The van der Waals surface area contributed by atoms with Gasteiger partial charge in [0.05, 0.1) is 6.04 Å². The van der Waals surface area contributed by atoms with Crippen LogP contribution in [0.5, 0.6) is 0 Å². The van der Waals surface area contributed by atoms with E-state index < -0.39 is 11.6 Å². The van der Waals surface area contributed by atoms with Gasteiger partial charge < -0.3 is 10.6 Å². The Morgan fingerprint density at radius 3 is 2.88 bits per heavy atom. The molecule has 4 amide bonds. The average molecular weight is 369 g/mol. The Morgan fingerprint density at radius 1 is 1.31 bits per heavy atom. The Morgan fingerprint density at radius 2 is 2.12 bits per heavy atom. The molecule has 0 bridgehead atoms. The second kappa shape index (κ2) is 6.25. The number of urea groups is 1. The van der Waals surface area contributed by atoms with E-state index in [0.717, 1.165) is 27.3 Å². The maximum absolute atomic E-state index is 13.0. The largest absolute Gasteiger partial charge is 0.347 e. The van der Waals surface area contributed by atoms with E-state index >= 15 is 0 Å². The number of hydrogen-bond donors (Lipinski definition) is 2. The van der Waals surface area contributed by atoms with Crippen LogP contribution in [0.25, 0.3) is 0 Å². The molecule has 2 aliphatic rings. The first-order valence-corrected chi connectivity index (χ1v) is 9.44. The molecule has 4 rings (SSSR count). The third-order valence-electron chi connectivity index (χ3n) is 5.07. The lowest BCUT2D eigenvalue weighted by atomic mass is 9.92. The molecule has 7 heteroatoms. The number of benzene rings is 1. The van der Waals surface area contributed by atoms with Gasteiger partial charge in [-0.3, -0.25) is 14.5 Å². The Bertz CT molecular complexity index is 880. The molecule has 1 spiro atoms. The Labute approximate surface area is 155 Å². The molecule has 6 nitrogen and oxygen atoms in total. The fraction of sp³-hybridized carbons (Fsp3) is 0.316. The van der Waals surface area contributed by atoms with E-state index in [-0.39, 0.29) is 24.4 Å². The predicted molar refractivity (Wildman–Crippen MR) is 97.6 cm³/mol. The van der Waals surface area contributed by atoms with Crippen LogP contribution in [0.2, 0.25) is 0 Å². The van der Waals surface area contributed by atoms with E-state index in [2.05, 4.69) is 10.6 Å². The lowest BCUT2D eigenvalue weighted by molar-refractivity contribution is -0.135. The number of imide groups is 1. The fourth-order valence-electron chi connectivity index (χ4n) is 3.77. The standard InChI is InChI=1S/C19H19N3O3S/c1-12(15-7-4-10-26-15)20-16(23)11-22-17(24)19(21-18(22)25)9-8-13-5-2-3-6-14(13)19/h2-7,10,12H,8-9,11H2,1H3,(H,20,23)(H,21,25)/t12-,19+/m1/s1. The first kappa shape index (κ1) is 16.8. The summed E-state index contributed by atoms with van der Waals surface area (Å²) >= 11 is 1.55. The molecule has 2 N–H and O–H groups in total. The van der Waals surface area contributed by atoms with Crippen LogP contribution in [-0.4, -0.2) is 29.3 Å². The molecule has 1 aromatic heterocycles. The number of hydrogen-bond acceptors (Lipinski definition) is 4. The summed E-state index contributed by atoms with van der Waals surface area (Å²) in [6, 6.07) is 10.8. The third-order valence-corrected chi connectivity index (χ3v) is 6.13. The second-order valence-corrected chi connectivity index (χ2v) is 7.67. The number of thiophene rings is 1. The summed E-state index contributed by atoms with van der Waals surface area (Å²) in [7, 11) is 0. The molecule has 1 aliphatic heterocycles. The van der Waals surface area contributed by atoms with E-state index in [1.807, 2.05) is 48.7 Å². The number of amides is 4. The molecule has 1 saturated heterocycles. The van der Waals surface area contributed by atoms with E-state index in [1.165, 1.54) is 0 Å². The normalized spacial score (nSPS) is 22.4. The quantitative estimate of drug-likeness (QED) is 0.812. The van der Waals surface area contributed by atoms with Gasteiger partial charge in [-0.2, -0.15) is 0 Å². The highest BCUT2D eigenvalue weighted by Crippen LogP contribution is 2.41. The minimum atomic E-state index is -1.02. The zero-order valence-electron chi connectivity index (χ0n) is 14.3. The van der Waals surface area contributed by atoms with Crippen LogP contribution in [0.4, 0.5) is 4.79 Å². The number of rotatable bonds is 4. The van der Waals surface area contributed by atoms with Gasteiger partial charge in [-0.1, -0.05) is 30.3 Å². The van der Waals surface area contributed by atoms with Crippen LogP contribution in [0.3, 0.4) is 0 Å². The summed E-state index contributed by atoms with van der Waals surface area (Å²) < 4.78 is 0. The number of fused-ring (bicyclic) bond motifs is 2. The van der Waals surface area contributed by atoms with Crippen LogP contribution < -0.4 is 10.6 Å². The van der Waals surface area contributed by atoms with Gasteiger partial charge in [0, 0.05) is 4.88 Å². The number of nitrogens with one attached hydrogen (secondary N) is 2. The Hall–Kier alpha value is -2.67. The number of carbonyl (C=O) groups is 3. The Balaban J connectivity index is 1.49. The van der Waals surface area contributed by atoms with Crippen molar-refractivity contribution in [1.29, 1.82) is 0 Å². The molecule has 0 radical (unpaired) electrons. The smallest absolute Gasteiger partial charge is 0.325 e. The van der Waals surface area contributed by atoms with Gasteiger partial charge in [0.15, 0.2) is 0 Å². The number of aryl methyl sites for hydroxylation is 1. The molecule has 1 aliphatic carbocycles. The van der Waals surface area contributed by atoms with Crippen LogP contribution in [0.15, 0.2) is 41.8 Å². The third kappa shape index (κ3) is 2.59. The van der Waals surface area contributed by atoms with Crippen LogP contribution >= 0.6 is 11.3 Å². The highest BCUT2D eigenvalue weighted by molar-refractivity contribution is 7.10. The lowest BCUT2D eigenvalue weighted by Crippen LogP contribution is -2.44. The molecule has 1 fully saturated rings. The first-order chi connectivity index (χ1) is 12.5. The molecule has 2 atom stereocenters. The van der Waals surface area contributed by atoms with Gasteiger partial charge >= 0.3 is 6.03 Å². The molecule has 0 saturated carbocycles. The highest BCUT2D eigenvalue weighted by Gasteiger charge is 2.55. The zero-order valence-corrected chi connectivity index (χ0v) is 15.1. The summed E-state index contributed by atoms with van der Waals surface area (Å²) in [5.74, 6) is -0.691. The maximum Gasteiger partial charge on any atom is 0.325 e. The summed E-state index contributed by atoms with van der Waals surface area (Å²) in [6.45, 7) is 1.61. The van der Waals surface area contributed by atoms with Crippen LogP contribution in [0, 0.1) is 0 Å². The minimum Gasteiger partial charge on any atom is -0.347 e. The second-order valence-electron chi connectivity index (χ2n) is 6.69. The van der Waals surface area contributed by atoms with Crippen molar-refractivity contribution >= 4 is 29.2 Å². The molecule has 26 heavy (non-hydrogen) atoms. The molecule has 2 aromatic rings. The molecule has 1 aromatic carbocycles. The lowest BCUT2D eigenvalue weighted by Gasteiger charge is -2.22. The molecule has 0 unspecified atom stereocenters. The number of nitrogens with zero attached hydrogens (tertiary/aromatic N) is 1. The van der Waals surface area contributed by atoms with E-state index in [9.17, 15) is 14.4 Å². The summed E-state index contributed by atoms with van der Waals surface area (Å²) in [5.41, 5.74) is 0.889. The maximum atomic E-state index is 13.0. The molecular formula is C19H19N3O3S.